The molecule has 1 aromatic heterocycles. The highest BCUT2D eigenvalue weighted by Gasteiger charge is 2.21. The first-order valence-electron chi connectivity index (χ1n) is 18.5. The van der Waals surface area contributed by atoms with Gasteiger partial charge in [-0.25, -0.2) is 0 Å². The van der Waals surface area contributed by atoms with Gasteiger partial charge in [0.05, 0.1) is 0 Å². The maximum absolute atomic E-state index is 2.45. The average molecular weight is 704 g/mol. The van der Waals surface area contributed by atoms with E-state index in [1.54, 1.807) is 0 Å². The molecular weight excluding hydrogens is 671 g/mol. The number of hydrogen-bond acceptors (Lipinski definition) is 2. The smallest absolute Gasteiger partial charge is 0.0468 e. The quantitative estimate of drug-likeness (QED) is 0.161. The van der Waals surface area contributed by atoms with Gasteiger partial charge in [-0.1, -0.05) is 152 Å². The molecule has 0 fully saturated rings. The highest BCUT2D eigenvalue weighted by molar-refractivity contribution is 7.25. The van der Waals surface area contributed by atoms with Crippen molar-refractivity contribution in [3.05, 3.63) is 200 Å². The minimum atomic E-state index is 1.12. The minimum Gasteiger partial charge on any atom is -0.310 e. The molecule has 0 atom stereocenters. The van der Waals surface area contributed by atoms with E-state index >= 15 is 0 Å². The standard InChI is InChI=1S/C52H33NS/c1-3-14-35(15-4-1)51-46-21-10-9-19-43(46)44-29-26-39(33-48(44)52(51)36-16-5-2-6-17-36)53(40-27-30-50-47(32-40)45-20-11-12-22-49(45)54-50)38-25-28-42-37(31-38)24-23-34-13-7-8-18-41(34)42/h1-33H. The largest absolute Gasteiger partial charge is 0.310 e. The van der Waals surface area contributed by atoms with Gasteiger partial charge in [0.25, 0.3) is 0 Å². The molecule has 11 rings (SSSR count). The molecule has 0 saturated carbocycles. The Morgan fingerprint density at radius 1 is 0.278 bits per heavy atom. The Morgan fingerprint density at radius 2 is 0.759 bits per heavy atom. The maximum atomic E-state index is 2.45. The van der Waals surface area contributed by atoms with Crippen molar-refractivity contribution in [2.45, 2.75) is 0 Å². The van der Waals surface area contributed by atoms with E-state index in [1.165, 1.54) is 85.5 Å². The third-order valence-electron chi connectivity index (χ3n) is 11.0. The molecule has 0 unspecified atom stereocenters. The Bertz CT molecular complexity index is 3210. The fourth-order valence-electron chi connectivity index (χ4n) is 8.57. The summed E-state index contributed by atoms with van der Waals surface area (Å²) >= 11 is 1.86. The van der Waals surface area contributed by atoms with Crippen molar-refractivity contribution in [3.63, 3.8) is 0 Å². The summed E-state index contributed by atoms with van der Waals surface area (Å²) in [6.45, 7) is 0. The van der Waals surface area contributed by atoms with Crippen LogP contribution < -0.4 is 4.90 Å². The molecule has 0 aliphatic heterocycles. The summed E-state index contributed by atoms with van der Waals surface area (Å²) in [5.41, 5.74) is 8.32. The van der Waals surface area contributed by atoms with Gasteiger partial charge < -0.3 is 4.90 Å². The van der Waals surface area contributed by atoms with Crippen molar-refractivity contribution in [3.8, 4) is 22.3 Å². The monoisotopic (exact) mass is 703 g/mol. The maximum Gasteiger partial charge on any atom is 0.0468 e. The van der Waals surface area contributed by atoms with Crippen LogP contribution in [0.3, 0.4) is 0 Å². The summed E-state index contributed by atoms with van der Waals surface area (Å²) in [5, 5.41) is 12.6. The zero-order valence-electron chi connectivity index (χ0n) is 29.4. The minimum absolute atomic E-state index is 1.12. The van der Waals surface area contributed by atoms with E-state index in [2.05, 4.69) is 205 Å². The third-order valence-corrected chi connectivity index (χ3v) is 12.1. The second-order valence-electron chi connectivity index (χ2n) is 14.1. The Labute approximate surface area is 317 Å². The molecule has 11 aromatic rings. The predicted octanol–water partition coefficient (Wildman–Crippen LogP) is 15.5. The van der Waals surface area contributed by atoms with Gasteiger partial charge in [-0.15, -0.1) is 11.3 Å². The van der Waals surface area contributed by atoms with Crippen LogP contribution in [0.2, 0.25) is 0 Å². The molecule has 252 valence electrons. The highest BCUT2D eigenvalue weighted by atomic mass is 32.1. The van der Waals surface area contributed by atoms with Crippen LogP contribution in [0.1, 0.15) is 0 Å². The average Bonchev–Trinajstić information content (AvgIpc) is 3.62. The van der Waals surface area contributed by atoms with E-state index < -0.39 is 0 Å². The molecule has 0 saturated heterocycles. The van der Waals surface area contributed by atoms with Crippen molar-refractivity contribution in [2.24, 2.45) is 0 Å². The molecule has 10 aromatic carbocycles. The van der Waals surface area contributed by atoms with Crippen LogP contribution in [0.15, 0.2) is 200 Å². The Kier molecular flexibility index (Phi) is 7.11. The zero-order chi connectivity index (χ0) is 35.6. The molecule has 0 radical (unpaired) electrons. The molecule has 0 amide bonds. The van der Waals surface area contributed by atoms with Gasteiger partial charge in [0, 0.05) is 37.2 Å². The summed E-state index contributed by atoms with van der Waals surface area (Å²) in [4.78, 5) is 2.45. The van der Waals surface area contributed by atoms with Gasteiger partial charge in [0.15, 0.2) is 0 Å². The molecule has 0 aliphatic rings. The van der Waals surface area contributed by atoms with Crippen molar-refractivity contribution >= 4 is 91.7 Å². The van der Waals surface area contributed by atoms with Gasteiger partial charge in [0.2, 0.25) is 0 Å². The molecule has 0 spiro atoms. The van der Waals surface area contributed by atoms with Gasteiger partial charge in [-0.05, 0) is 114 Å². The van der Waals surface area contributed by atoms with Crippen LogP contribution in [0.25, 0.3) is 85.5 Å². The number of thiophene rings is 1. The number of anilines is 3. The Morgan fingerprint density at radius 3 is 1.52 bits per heavy atom. The van der Waals surface area contributed by atoms with E-state index in [1.807, 2.05) is 11.3 Å². The van der Waals surface area contributed by atoms with Crippen LogP contribution >= 0.6 is 11.3 Å². The molecule has 0 aliphatic carbocycles. The van der Waals surface area contributed by atoms with Crippen LogP contribution in [0, 0.1) is 0 Å². The van der Waals surface area contributed by atoms with Gasteiger partial charge in [-0.2, -0.15) is 0 Å². The number of nitrogens with zero attached hydrogens (tertiary/aromatic N) is 1. The molecule has 54 heavy (non-hydrogen) atoms. The lowest BCUT2D eigenvalue weighted by Crippen LogP contribution is -2.10. The van der Waals surface area contributed by atoms with Crippen LogP contribution in [-0.4, -0.2) is 0 Å². The summed E-state index contributed by atoms with van der Waals surface area (Å²) < 4.78 is 2.61. The summed E-state index contributed by atoms with van der Waals surface area (Å²) in [6, 6.07) is 73.7. The number of rotatable bonds is 5. The normalized spacial score (nSPS) is 11.7. The van der Waals surface area contributed by atoms with Gasteiger partial charge in [-0.3, -0.25) is 0 Å². The highest BCUT2D eigenvalue weighted by Crippen LogP contribution is 2.48. The first-order chi connectivity index (χ1) is 26.8. The summed E-state index contributed by atoms with van der Waals surface area (Å²) in [7, 11) is 0. The van der Waals surface area contributed by atoms with E-state index in [-0.39, 0.29) is 0 Å². The van der Waals surface area contributed by atoms with E-state index in [0.29, 0.717) is 0 Å². The lowest BCUT2D eigenvalue weighted by molar-refractivity contribution is 1.30. The van der Waals surface area contributed by atoms with Crippen molar-refractivity contribution < 1.29 is 0 Å². The zero-order valence-corrected chi connectivity index (χ0v) is 30.2. The van der Waals surface area contributed by atoms with Crippen molar-refractivity contribution in [1.82, 2.24) is 0 Å². The van der Waals surface area contributed by atoms with Crippen molar-refractivity contribution in [2.75, 3.05) is 4.90 Å². The fourth-order valence-corrected chi connectivity index (χ4v) is 9.65. The molecule has 0 bridgehead atoms. The van der Waals surface area contributed by atoms with E-state index in [0.717, 1.165) is 17.1 Å². The topological polar surface area (TPSA) is 3.24 Å². The second-order valence-corrected chi connectivity index (χ2v) is 15.1. The Balaban J connectivity index is 1.22. The van der Waals surface area contributed by atoms with Crippen LogP contribution in [-0.2, 0) is 0 Å². The van der Waals surface area contributed by atoms with Crippen LogP contribution in [0.4, 0.5) is 17.1 Å². The molecule has 2 heteroatoms. The third kappa shape index (κ3) is 4.92. The Hall–Kier alpha value is -6.74. The lowest BCUT2D eigenvalue weighted by Gasteiger charge is -2.27. The number of benzene rings is 10. The van der Waals surface area contributed by atoms with Gasteiger partial charge >= 0.3 is 0 Å². The number of fused-ring (bicyclic) bond motifs is 9. The molecular formula is C52H33NS. The fraction of sp³-hybridized carbons (Fsp3) is 0. The van der Waals surface area contributed by atoms with E-state index in [9.17, 15) is 0 Å². The molecule has 0 N–H and O–H groups in total. The van der Waals surface area contributed by atoms with Crippen molar-refractivity contribution in [1.29, 1.82) is 0 Å². The summed E-state index contributed by atoms with van der Waals surface area (Å²) in [6.07, 6.45) is 0. The lowest BCUT2D eigenvalue weighted by atomic mass is 9.85. The SMILES string of the molecule is c1ccc(-c2c(-c3ccccc3)c3cc(N(c4ccc5c(ccc6ccccc65)c4)c4ccc5sc6ccccc6c5c4)ccc3c3ccccc23)cc1. The van der Waals surface area contributed by atoms with Gasteiger partial charge in [0.1, 0.15) is 0 Å². The van der Waals surface area contributed by atoms with Crippen LogP contribution in [0.5, 0.6) is 0 Å². The van der Waals surface area contributed by atoms with E-state index in [4.69, 9.17) is 0 Å². The molecule has 1 heterocycles. The first kappa shape index (κ1) is 30.8. The summed E-state index contributed by atoms with van der Waals surface area (Å²) in [5.74, 6) is 0. The predicted molar refractivity (Wildman–Crippen MR) is 235 cm³/mol. The number of hydrogen-bond donors (Lipinski definition) is 0. The molecule has 1 nitrogen and oxygen atoms in total. The first-order valence-corrected chi connectivity index (χ1v) is 19.3. The second kappa shape index (κ2) is 12.4.